The van der Waals surface area contributed by atoms with Gasteiger partial charge < -0.3 is 15.7 Å². The number of aliphatic imine (C=N–C) groups is 1. The van der Waals surface area contributed by atoms with Gasteiger partial charge in [0.15, 0.2) is 5.96 Å². The van der Waals surface area contributed by atoms with Crippen LogP contribution in [-0.2, 0) is 33.0 Å². The van der Waals surface area contributed by atoms with Crippen molar-refractivity contribution in [3.63, 3.8) is 0 Å². The molecule has 26 heavy (non-hydrogen) atoms. The highest BCUT2D eigenvalue weighted by Crippen LogP contribution is 2.30. The minimum Gasteiger partial charge on any atom is -0.508 e. The monoisotopic (exact) mass is 469 g/mol. The molecule has 0 radical (unpaired) electrons. The topological polar surface area (TPSA) is 74.5 Å². The van der Waals surface area contributed by atoms with Gasteiger partial charge in [-0.3, -0.25) is 4.68 Å². The number of guanidine groups is 1. The van der Waals surface area contributed by atoms with Gasteiger partial charge in [-0.1, -0.05) is 6.07 Å². The highest BCUT2D eigenvalue weighted by Gasteiger charge is 2.16. The fourth-order valence-electron chi connectivity index (χ4n) is 3.32. The molecule has 0 bridgehead atoms. The molecule has 0 aliphatic heterocycles. The van der Waals surface area contributed by atoms with Gasteiger partial charge in [0.05, 0.1) is 18.8 Å². The number of hydrogen-bond donors (Lipinski definition) is 3. The minimum absolute atomic E-state index is 0. The Bertz CT molecular complexity index is 756. The van der Waals surface area contributed by atoms with Crippen molar-refractivity contribution in [1.82, 2.24) is 20.4 Å². The molecular formula is C19H28IN5O. The first kappa shape index (κ1) is 20.5. The van der Waals surface area contributed by atoms with Crippen molar-refractivity contribution in [1.29, 1.82) is 0 Å². The Hall–Kier alpha value is -1.77. The van der Waals surface area contributed by atoms with Crippen molar-refractivity contribution in [3.8, 4) is 5.75 Å². The molecule has 0 unspecified atom stereocenters. The van der Waals surface area contributed by atoms with Crippen molar-refractivity contribution in [2.45, 2.75) is 45.7 Å². The van der Waals surface area contributed by atoms with Crippen LogP contribution in [0.15, 0.2) is 29.4 Å². The largest absolute Gasteiger partial charge is 0.508 e. The normalized spacial score (nSPS) is 13.7. The van der Waals surface area contributed by atoms with Gasteiger partial charge in [0.25, 0.3) is 0 Å². The second-order valence-corrected chi connectivity index (χ2v) is 6.40. The second kappa shape index (κ2) is 9.80. The summed E-state index contributed by atoms with van der Waals surface area (Å²) < 4.78 is 1.84. The number of benzene rings is 1. The third-order valence-corrected chi connectivity index (χ3v) is 4.73. The van der Waals surface area contributed by atoms with Gasteiger partial charge in [0, 0.05) is 25.4 Å². The predicted molar refractivity (Wildman–Crippen MR) is 115 cm³/mol. The molecule has 1 aliphatic carbocycles. The molecule has 1 aromatic carbocycles. The number of rotatable bonds is 5. The summed E-state index contributed by atoms with van der Waals surface area (Å²) in [5, 5.41) is 21.1. The molecule has 142 valence electrons. The summed E-state index contributed by atoms with van der Waals surface area (Å²) in [7, 11) is 1.93. The van der Waals surface area contributed by atoms with Gasteiger partial charge in [-0.25, -0.2) is 4.99 Å². The van der Waals surface area contributed by atoms with Gasteiger partial charge in [0.2, 0.25) is 0 Å². The SMILES string of the molecule is CCNC(=NCc1c(O)ccc2c1CCCC2)NCc1ccnn1C.I. The summed E-state index contributed by atoms with van der Waals surface area (Å²) in [5.41, 5.74) is 4.71. The number of nitrogens with one attached hydrogen (secondary N) is 2. The first-order valence-corrected chi connectivity index (χ1v) is 9.00. The van der Waals surface area contributed by atoms with E-state index in [9.17, 15) is 5.11 Å². The lowest BCUT2D eigenvalue weighted by atomic mass is 9.88. The fraction of sp³-hybridized carbons (Fsp3) is 0.474. The molecule has 1 aromatic heterocycles. The van der Waals surface area contributed by atoms with E-state index in [1.165, 1.54) is 24.0 Å². The van der Waals surface area contributed by atoms with E-state index in [0.717, 1.165) is 36.6 Å². The van der Waals surface area contributed by atoms with Crippen LogP contribution >= 0.6 is 24.0 Å². The van der Waals surface area contributed by atoms with Gasteiger partial charge in [-0.05, 0) is 55.9 Å². The van der Waals surface area contributed by atoms with E-state index in [1.807, 2.05) is 30.8 Å². The summed E-state index contributed by atoms with van der Waals surface area (Å²) in [6.45, 7) is 3.97. The van der Waals surface area contributed by atoms with Gasteiger partial charge in [-0.2, -0.15) is 5.10 Å². The van der Waals surface area contributed by atoms with Crippen LogP contribution in [-0.4, -0.2) is 27.4 Å². The molecule has 0 amide bonds. The molecule has 3 rings (SSSR count). The number of halogens is 1. The zero-order valence-corrected chi connectivity index (χ0v) is 17.8. The number of hydrogen-bond acceptors (Lipinski definition) is 3. The van der Waals surface area contributed by atoms with Crippen molar-refractivity contribution in [2.75, 3.05) is 6.54 Å². The Labute approximate surface area is 172 Å². The Kier molecular flexibility index (Phi) is 7.74. The van der Waals surface area contributed by atoms with Crippen LogP contribution < -0.4 is 10.6 Å². The maximum Gasteiger partial charge on any atom is 0.191 e. The van der Waals surface area contributed by atoms with Crippen molar-refractivity contribution >= 4 is 29.9 Å². The molecule has 0 saturated heterocycles. The Morgan fingerprint density at radius 2 is 2.04 bits per heavy atom. The van der Waals surface area contributed by atoms with Crippen LogP contribution in [0.3, 0.4) is 0 Å². The van der Waals surface area contributed by atoms with Crippen LogP contribution in [0.1, 0.15) is 42.1 Å². The van der Waals surface area contributed by atoms with E-state index in [4.69, 9.17) is 0 Å². The fourth-order valence-corrected chi connectivity index (χ4v) is 3.32. The second-order valence-electron chi connectivity index (χ2n) is 6.40. The molecule has 2 aromatic rings. The van der Waals surface area contributed by atoms with Crippen molar-refractivity contribution < 1.29 is 5.11 Å². The molecule has 3 N–H and O–H groups in total. The van der Waals surface area contributed by atoms with E-state index >= 15 is 0 Å². The third-order valence-electron chi connectivity index (χ3n) is 4.73. The Morgan fingerprint density at radius 3 is 2.77 bits per heavy atom. The molecule has 0 atom stereocenters. The summed E-state index contributed by atoms with van der Waals surface area (Å²) in [6.07, 6.45) is 6.34. The smallest absolute Gasteiger partial charge is 0.191 e. The quantitative estimate of drug-likeness (QED) is 0.358. The molecular weight excluding hydrogens is 441 g/mol. The summed E-state index contributed by atoms with van der Waals surface area (Å²) in [5.74, 6) is 1.10. The number of phenolic OH excluding ortho intramolecular Hbond substituents is 1. The first-order valence-electron chi connectivity index (χ1n) is 9.00. The van der Waals surface area contributed by atoms with Gasteiger partial charge >= 0.3 is 0 Å². The number of nitrogens with zero attached hydrogens (tertiary/aromatic N) is 3. The Balaban J connectivity index is 0.00000243. The number of phenols is 1. The van der Waals surface area contributed by atoms with E-state index in [2.05, 4.69) is 26.8 Å². The van der Waals surface area contributed by atoms with Crippen molar-refractivity contribution in [2.24, 2.45) is 12.0 Å². The van der Waals surface area contributed by atoms with E-state index in [1.54, 1.807) is 6.20 Å². The maximum atomic E-state index is 10.3. The highest BCUT2D eigenvalue weighted by molar-refractivity contribution is 14.0. The highest BCUT2D eigenvalue weighted by atomic mass is 127. The first-order chi connectivity index (χ1) is 12.2. The van der Waals surface area contributed by atoms with Crippen LogP contribution in [0.2, 0.25) is 0 Å². The number of fused-ring (bicyclic) bond motifs is 1. The van der Waals surface area contributed by atoms with Crippen LogP contribution in [0.25, 0.3) is 0 Å². The molecule has 6 nitrogen and oxygen atoms in total. The van der Waals surface area contributed by atoms with E-state index < -0.39 is 0 Å². The summed E-state index contributed by atoms with van der Waals surface area (Å²) >= 11 is 0. The third kappa shape index (κ3) is 4.90. The average Bonchev–Trinajstić information content (AvgIpc) is 3.03. The minimum atomic E-state index is 0. The van der Waals surface area contributed by atoms with Crippen LogP contribution in [0.4, 0.5) is 0 Å². The predicted octanol–water partition coefficient (Wildman–Crippen LogP) is 2.88. The number of aryl methyl sites for hydroxylation is 2. The molecule has 0 saturated carbocycles. The lowest BCUT2D eigenvalue weighted by Crippen LogP contribution is -2.37. The molecule has 0 fully saturated rings. The van der Waals surface area contributed by atoms with Crippen LogP contribution in [0.5, 0.6) is 5.75 Å². The van der Waals surface area contributed by atoms with E-state index in [-0.39, 0.29) is 24.0 Å². The zero-order valence-electron chi connectivity index (χ0n) is 15.5. The van der Waals surface area contributed by atoms with Gasteiger partial charge in [0.1, 0.15) is 5.75 Å². The zero-order chi connectivity index (χ0) is 17.6. The molecule has 0 spiro atoms. The van der Waals surface area contributed by atoms with Crippen LogP contribution in [0, 0.1) is 0 Å². The molecule has 7 heteroatoms. The standard InChI is InChI=1S/C19H27N5O.HI/c1-3-20-19(21-12-15-10-11-23-24(15)2)22-13-17-16-7-5-4-6-14(16)8-9-18(17)25;/h8-11,25H,3-7,12-13H2,1-2H3,(H2,20,21,22);1H. The summed E-state index contributed by atoms with van der Waals surface area (Å²) in [4.78, 5) is 4.69. The van der Waals surface area contributed by atoms with Gasteiger partial charge in [-0.15, -0.1) is 24.0 Å². The number of aromatic hydroxyl groups is 1. The lowest BCUT2D eigenvalue weighted by molar-refractivity contribution is 0.465. The Morgan fingerprint density at radius 1 is 1.23 bits per heavy atom. The maximum absolute atomic E-state index is 10.3. The average molecular weight is 469 g/mol. The van der Waals surface area contributed by atoms with E-state index in [0.29, 0.717) is 18.8 Å². The summed E-state index contributed by atoms with van der Waals surface area (Å²) in [6, 6.07) is 5.85. The number of aromatic nitrogens is 2. The van der Waals surface area contributed by atoms with Crippen molar-refractivity contribution in [3.05, 3.63) is 46.8 Å². The lowest BCUT2D eigenvalue weighted by Gasteiger charge is -2.20. The molecule has 1 aliphatic rings. The molecule has 1 heterocycles.